The lowest BCUT2D eigenvalue weighted by atomic mass is 10.2. The summed E-state index contributed by atoms with van der Waals surface area (Å²) in [5.74, 6) is -1.34. The van der Waals surface area contributed by atoms with Crippen LogP contribution in [0, 0.1) is 0 Å². The van der Waals surface area contributed by atoms with E-state index in [1.807, 2.05) is 0 Å². The molecule has 1 fully saturated rings. The first-order valence-corrected chi connectivity index (χ1v) is 6.16. The Labute approximate surface area is 105 Å². The topological polar surface area (TPSA) is 75.4 Å². The van der Waals surface area contributed by atoms with Crippen molar-refractivity contribution in [1.82, 2.24) is 14.7 Å². The van der Waals surface area contributed by atoms with E-state index in [9.17, 15) is 9.59 Å². The second kappa shape index (κ2) is 5.20. The first-order chi connectivity index (χ1) is 8.61. The molecule has 1 aliphatic heterocycles. The molecule has 1 aromatic heterocycles. The number of amides is 1. The summed E-state index contributed by atoms with van der Waals surface area (Å²) in [6, 6.07) is 0. The molecule has 1 amide bonds. The van der Waals surface area contributed by atoms with Gasteiger partial charge in [0.1, 0.15) is 11.3 Å². The zero-order valence-corrected chi connectivity index (χ0v) is 10.4. The number of carboxylic acid groups (broad SMARTS) is 1. The molecule has 1 aromatic rings. The lowest BCUT2D eigenvalue weighted by Gasteiger charge is -2.20. The van der Waals surface area contributed by atoms with Gasteiger partial charge in [-0.2, -0.15) is 5.10 Å². The summed E-state index contributed by atoms with van der Waals surface area (Å²) in [7, 11) is 1.59. The SMILES string of the molecule is Cn1ncc(C(=O)O)c1C(=O)N1CCCCCC1. The molecule has 0 atom stereocenters. The zero-order chi connectivity index (χ0) is 13.1. The monoisotopic (exact) mass is 251 g/mol. The predicted octanol–water partition coefficient (Wildman–Crippen LogP) is 1.13. The number of carbonyl (C=O) groups is 2. The van der Waals surface area contributed by atoms with Crippen LogP contribution in [-0.4, -0.2) is 44.8 Å². The molecule has 2 heterocycles. The van der Waals surface area contributed by atoms with Gasteiger partial charge in [0.25, 0.3) is 5.91 Å². The fourth-order valence-corrected chi connectivity index (χ4v) is 2.27. The minimum Gasteiger partial charge on any atom is -0.478 e. The molecule has 98 valence electrons. The number of aromatic nitrogens is 2. The highest BCUT2D eigenvalue weighted by atomic mass is 16.4. The molecule has 6 nitrogen and oxygen atoms in total. The summed E-state index contributed by atoms with van der Waals surface area (Å²) < 4.78 is 1.34. The van der Waals surface area contributed by atoms with Gasteiger partial charge < -0.3 is 10.0 Å². The van der Waals surface area contributed by atoms with Crippen LogP contribution in [0.25, 0.3) is 0 Å². The number of rotatable bonds is 2. The summed E-state index contributed by atoms with van der Waals surface area (Å²) in [6.07, 6.45) is 5.44. The van der Waals surface area contributed by atoms with Gasteiger partial charge >= 0.3 is 5.97 Å². The van der Waals surface area contributed by atoms with Crippen molar-refractivity contribution in [3.05, 3.63) is 17.5 Å². The van der Waals surface area contributed by atoms with Gasteiger partial charge in [0.15, 0.2) is 0 Å². The van der Waals surface area contributed by atoms with Crippen LogP contribution in [0.15, 0.2) is 6.20 Å². The Balaban J connectivity index is 2.27. The Morgan fingerprint density at radius 1 is 1.22 bits per heavy atom. The largest absolute Gasteiger partial charge is 0.478 e. The van der Waals surface area contributed by atoms with E-state index in [0.29, 0.717) is 13.1 Å². The van der Waals surface area contributed by atoms with Gasteiger partial charge in [-0.15, -0.1) is 0 Å². The maximum Gasteiger partial charge on any atom is 0.339 e. The molecule has 0 aliphatic carbocycles. The molecule has 1 N–H and O–H groups in total. The number of nitrogens with zero attached hydrogens (tertiary/aromatic N) is 3. The van der Waals surface area contributed by atoms with Gasteiger partial charge in [-0.3, -0.25) is 9.48 Å². The molecule has 1 saturated heterocycles. The van der Waals surface area contributed by atoms with Gasteiger partial charge in [0.05, 0.1) is 6.20 Å². The standard InChI is InChI=1S/C12H17N3O3/c1-14-10(9(8-13-14)12(17)18)11(16)15-6-4-2-3-5-7-15/h8H,2-7H2,1H3,(H,17,18). The first-order valence-electron chi connectivity index (χ1n) is 6.16. The van der Waals surface area contributed by atoms with Crippen LogP contribution in [0.3, 0.4) is 0 Å². The summed E-state index contributed by atoms with van der Waals surface area (Å²) in [4.78, 5) is 25.2. The molecule has 0 saturated carbocycles. The number of carbonyl (C=O) groups excluding carboxylic acids is 1. The van der Waals surface area contributed by atoms with Gasteiger partial charge in [0, 0.05) is 20.1 Å². The van der Waals surface area contributed by atoms with Crippen molar-refractivity contribution in [3.8, 4) is 0 Å². The number of hydrogen-bond acceptors (Lipinski definition) is 3. The van der Waals surface area contributed by atoms with E-state index in [4.69, 9.17) is 5.11 Å². The fraction of sp³-hybridized carbons (Fsp3) is 0.583. The third kappa shape index (κ3) is 2.37. The van der Waals surface area contributed by atoms with E-state index in [1.54, 1.807) is 11.9 Å². The number of hydrogen-bond donors (Lipinski definition) is 1. The molecule has 1 aliphatic rings. The van der Waals surface area contributed by atoms with E-state index in [0.717, 1.165) is 25.7 Å². The Morgan fingerprint density at radius 2 is 1.83 bits per heavy atom. The molecule has 0 bridgehead atoms. The Bertz CT molecular complexity index is 459. The van der Waals surface area contributed by atoms with Crippen LogP contribution in [-0.2, 0) is 7.05 Å². The zero-order valence-electron chi connectivity index (χ0n) is 10.4. The highest BCUT2D eigenvalue weighted by Crippen LogP contribution is 2.15. The quantitative estimate of drug-likeness (QED) is 0.855. The van der Waals surface area contributed by atoms with Crippen LogP contribution in [0.4, 0.5) is 0 Å². The number of aryl methyl sites for hydroxylation is 1. The molecule has 0 spiro atoms. The summed E-state index contributed by atoms with van der Waals surface area (Å²) in [5, 5.41) is 12.9. The molecular formula is C12H17N3O3. The molecule has 18 heavy (non-hydrogen) atoms. The van der Waals surface area contributed by atoms with Gasteiger partial charge in [-0.05, 0) is 12.8 Å². The number of likely N-dealkylation sites (tertiary alicyclic amines) is 1. The van der Waals surface area contributed by atoms with E-state index < -0.39 is 5.97 Å². The van der Waals surface area contributed by atoms with E-state index in [1.165, 1.54) is 10.9 Å². The van der Waals surface area contributed by atoms with E-state index >= 15 is 0 Å². The smallest absolute Gasteiger partial charge is 0.339 e. The Morgan fingerprint density at radius 3 is 2.39 bits per heavy atom. The van der Waals surface area contributed by atoms with Crippen molar-refractivity contribution in [2.75, 3.05) is 13.1 Å². The van der Waals surface area contributed by atoms with Crippen molar-refractivity contribution in [2.24, 2.45) is 7.05 Å². The minimum absolute atomic E-state index is 0.0215. The van der Waals surface area contributed by atoms with Gasteiger partial charge in [0.2, 0.25) is 0 Å². The minimum atomic E-state index is -1.11. The molecular weight excluding hydrogens is 234 g/mol. The molecule has 2 rings (SSSR count). The maximum atomic E-state index is 12.4. The Hall–Kier alpha value is -1.85. The van der Waals surface area contributed by atoms with Crippen molar-refractivity contribution >= 4 is 11.9 Å². The van der Waals surface area contributed by atoms with Crippen molar-refractivity contribution in [2.45, 2.75) is 25.7 Å². The average molecular weight is 251 g/mol. The lowest BCUT2D eigenvalue weighted by molar-refractivity contribution is 0.0673. The molecule has 0 radical (unpaired) electrons. The second-order valence-electron chi connectivity index (χ2n) is 4.54. The van der Waals surface area contributed by atoms with Gasteiger partial charge in [-0.25, -0.2) is 4.79 Å². The molecule has 0 unspecified atom stereocenters. The number of carboxylic acids is 1. The second-order valence-corrected chi connectivity index (χ2v) is 4.54. The molecule has 0 aromatic carbocycles. The average Bonchev–Trinajstić information content (AvgIpc) is 2.56. The van der Waals surface area contributed by atoms with Crippen LogP contribution in [0.1, 0.15) is 46.5 Å². The van der Waals surface area contributed by atoms with Crippen LogP contribution < -0.4 is 0 Å². The summed E-state index contributed by atoms with van der Waals surface area (Å²) >= 11 is 0. The summed E-state index contributed by atoms with van der Waals surface area (Å²) in [6.45, 7) is 1.39. The normalized spacial score (nSPS) is 16.4. The van der Waals surface area contributed by atoms with Crippen molar-refractivity contribution in [3.63, 3.8) is 0 Å². The summed E-state index contributed by atoms with van der Waals surface area (Å²) in [5.41, 5.74) is 0.149. The highest BCUT2D eigenvalue weighted by molar-refractivity contribution is 6.03. The van der Waals surface area contributed by atoms with Gasteiger partial charge in [-0.1, -0.05) is 12.8 Å². The first kappa shape index (κ1) is 12.6. The third-order valence-corrected chi connectivity index (χ3v) is 3.27. The van der Waals surface area contributed by atoms with Crippen LogP contribution >= 0.6 is 0 Å². The van der Waals surface area contributed by atoms with Crippen LogP contribution in [0.5, 0.6) is 0 Å². The third-order valence-electron chi connectivity index (χ3n) is 3.27. The number of aromatic carboxylic acids is 1. The Kier molecular flexibility index (Phi) is 3.64. The van der Waals surface area contributed by atoms with Crippen molar-refractivity contribution < 1.29 is 14.7 Å². The predicted molar refractivity (Wildman–Crippen MR) is 64.5 cm³/mol. The van der Waals surface area contributed by atoms with Crippen molar-refractivity contribution in [1.29, 1.82) is 0 Å². The van der Waals surface area contributed by atoms with Crippen LogP contribution in [0.2, 0.25) is 0 Å². The van der Waals surface area contributed by atoms with E-state index in [-0.39, 0.29) is 17.2 Å². The fourth-order valence-electron chi connectivity index (χ4n) is 2.27. The maximum absolute atomic E-state index is 12.4. The highest BCUT2D eigenvalue weighted by Gasteiger charge is 2.26. The van der Waals surface area contributed by atoms with E-state index in [2.05, 4.69) is 5.10 Å². The molecule has 6 heteroatoms. The lowest BCUT2D eigenvalue weighted by Crippen LogP contribution is -2.34.